The van der Waals surface area contributed by atoms with Crippen LogP contribution in [0.1, 0.15) is 12.8 Å². The first-order valence-corrected chi connectivity index (χ1v) is 6.64. The molecular formula is C12H16N8O. The van der Waals surface area contributed by atoms with Crippen molar-refractivity contribution < 1.29 is 4.79 Å². The largest absolute Gasteiger partial charge is 0.368 e. The lowest BCUT2D eigenvalue weighted by atomic mass is 10.1. The molecule has 0 bridgehead atoms. The van der Waals surface area contributed by atoms with Gasteiger partial charge < -0.3 is 16.0 Å². The predicted octanol–water partition coefficient (Wildman–Crippen LogP) is -0.328. The van der Waals surface area contributed by atoms with Gasteiger partial charge in [-0.2, -0.15) is 20.1 Å². The minimum absolute atomic E-state index is 0.0972. The van der Waals surface area contributed by atoms with Crippen LogP contribution in [0.4, 0.5) is 11.9 Å². The number of nitrogens with one attached hydrogen (secondary N) is 1. The molecule has 3 N–H and O–H groups in total. The number of amides is 1. The number of hydrogen-bond donors (Lipinski definition) is 2. The van der Waals surface area contributed by atoms with Gasteiger partial charge in [0.05, 0.1) is 0 Å². The second kappa shape index (κ2) is 5.35. The fourth-order valence-corrected chi connectivity index (χ4v) is 2.25. The summed E-state index contributed by atoms with van der Waals surface area (Å²) in [6.07, 6.45) is 4.62. The van der Waals surface area contributed by atoms with E-state index in [1.807, 2.05) is 0 Å². The van der Waals surface area contributed by atoms with E-state index in [4.69, 9.17) is 5.73 Å². The van der Waals surface area contributed by atoms with E-state index in [2.05, 4.69) is 25.4 Å². The number of anilines is 2. The summed E-state index contributed by atoms with van der Waals surface area (Å²) in [6.45, 7) is 0.613. The van der Waals surface area contributed by atoms with Crippen LogP contribution in [-0.4, -0.2) is 55.2 Å². The number of carbonyl (C=O) groups excluding carboxylic acids is 1. The number of nitrogen functional groups attached to an aromatic ring is 1. The van der Waals surface area contributed by atoms with Gasteiger partial charge in [0.1, 0.15) is 0 Å². The highest BCUT2D eigenvalue weighted by Gasteiger charge is 2.23. The number of carbonyl (C=O) groups is 1. The lowest BCUT2D eigenvalue weighted by Crippen LogP contribution is -2.43. The number of hydrogen-bond acceptors (Lipinski definition) is 7. The van der Waals surface area contributed by atoms with Gasteiger partial charge in [-0.15, -0.1) is 0 Å². The molecule has 1 unspecified atom stereocenters. The molecular weight excluding hydrogens is 272 g/mol. The Balaban J connectivity index is 1.78. The van der Waals surface area contributed by atoms with Gasteiger partial charge in [0.15, 0.2) is 0 Å². The van der Waals surface area contributed by atoms with Crippen molar-refractivity contribution in [1.82, 2.24) is 29.6 Å². The molecule has 9 heteroatoms. The summed E-state index contributed by atoms with van der Waals surface area (Å²) in [5.74, 6) is 1.02. The molecule has 0 aliphatic carbocycles. The van der Waals surface area contributed by atoms with Crippen molar-refractivity contribution >= 4 is 17.8 Å². The Bertz CT molecular complexity index is 641. The number of nitrogens with two attached hydrogens (primary N) is 1. The van der Waals surface area contributed by atoms with Crippen LogP contribution in [0, 0.1) is 0 Å². The van der Waals surface area contributed by atoms with Gasteiger partial charge in [-0.3, -0.25) is 4.79 Å². The number of likely N-dealkylation sites (N-methyl/N-ethyl adjacent to an activating group) is 1. The van der Waals surface area contributed by atoms with Crippen molar-refractivity contribution in [3.63, 3.8) is 0 Å². The van der Waals surface area contributed by atoms with Crippen molar-refractivity contribution in [1.29, 1.82) is 0 Å². The first-order chi connectivity index (χ1) is 10.1. The van der Waals surface area contributed by atoms with E-state index < -0.39 is 0 Å². The summed E-state index contributed by atoms with van der Waals surface area (Å²) < 4.78 is 1.51. The van der Waals surface area contributed by atoms with Crippen LogP contribution in [0.2, 0.25) is 0 Å². The van der Waals surface area contributed by atoms with E-state index in [9.17, 15) is 4.79 Å². The van der Waals surface area contributed by atoms with Crippen LogP contribution >= 0.6 is 0 Å². The summed E-state index contributed by atoms with van der Waals surface area (Å²) in [5, 5.41) is 7.26. The molecule has 2 aromatic heterocycles. The van der Waals surface area contributed by atoms with Gasteiger partial charge in [0.25, 0.3) is 5.95 Å². The molecule has 3 rings (SSSR count). The molecule has 0 radical (unpaired) electrons. The third kappa shape index (κ3) is 2.91. The van der Waals surface area contributed by atoms with Crippen LogP contribution in [-0.2, 0) is 4.79 Å². The highest BCUT2D eigenvalue weighted by atomic mass is 16.2. The Labute approximate surface area is 121 Å². The van der Waals surface area contributed by atoms with Gasteiger partial charge in [-0.25, -0.2) is 4.68 Å². The summed E-state index contributed by atoms with van der Waals surface area (Å²) in [6, 6.07) is 1.87. The van der Waals surface area contributed by atoms with Crippen molar-refractivity contribution in [2.45, 2.75) is 18.9 Å². The molecule has 3 heterocycles. The van der Waals surface area contributed by atoms with E-state index >= 15 is 0 Å². The average Bonchev–Trinajstić information content (AvgIpc) is 2.96. The summed E-state index contributed by atoms with van der Waals surface area (Å²) in [5.41, 5.74) is 5.71. The molecule has 1 fully saturated rings. The molecule has 0 spiro atoms. The maximum Gasteiger partial charge on any atom is 0.257 e. The zero-order chi connectivity index (χ0) is 14.8. The number of rotatable bonds is 3. The van der Waals surface area contributed by atoms with E-state index in [-0.39, 0.29) is 17.9 Å². The van der Waals surface area contributed by atoms with Gasteiger partial charge in [0, 0.05) is 38.4 Å². The Morgan fingerprint density at radius 3 is 2.95 bits per heavy atom. The smallest absolute Gasteiger partial charge is 0.257 e. The molecule has 2 aromatic rings. The third-order valence-corrected chi connectivity index (χ3v) is 3.31. The number of aromatic nitrogens is 5. The molecule has 110 valence electrons. The van der Waals surface area contributed by atoms with Crippen LogP contribution in [0.25, 0.3) is 5.95 Å². The quantitative estimate of drug-likeness (QED) is 0.794. The van der Waals surface area contributed by atoms with Gasteiger partial charge in [-0.05, 0) is 12.5 Å². The second-order valence-corrected chi connectivity index (χ2v) is 4.92. The number of likely N-dealkylation sites (tertiary alicyclic amines) is 1. The van der Waals surface area contributed by atoms with Crippen LogP contribution < -0.4 is 11.1 Å². The van der Waals surface area contributed by atoms with Crippen molar-refractivity contribution in [2.24, 2.45) is 0 Å². The average molecular weight is 288 g/mol. The standard InChI is InChI=1S/C12H16N8O/c1-19-7-8(3-4-9(19)21)15-11-16-10(13)17-12(18-11)20-6-2-5-14-20/h2,5-6,8H,3-4,7H2,1H3,(H3,13,15,16,17,18). The fourth-order valence-electron chi connectivity index (χ4n) is 2.25. The van der Waals surface area contributed by atoms with Crippen LogP contribution in [0.5, 0.6) is 0 Å². The Morgan fingerprint density at radius 2 is 2.24 bits per heavy atom. The zero-order valence-electron chi connectivity index (χ0n) is 11.6. The Kier molecular flexibility index (Phi) is 3.38. The molecule has 0 aromatic carbocycles. The highest BCUT2D eigenvalue weighted by molar-refractivity contribution is 5.76. The van der Waals surface area contributed by atoms with E-state index in [1.54, 1.807) is 30.4 Å². The Morgan fingerprint density at radius 1 is 1.38 bits per heavy atom. The third-order valence-electron chi connectivity index (χ3n) is 3.31. The predicted molar refractivity (Wildman–Crippen MR) is 75.6 cm³/mol. The van der Waals surface area contributed by atoms with Gasteiger partial charge in [0.2, 0.25) is 17.8 Å². The molecule has 0 saturated carbocycles. The minimum Gasteiger partial charge on any atom is -0.368 e. The fraction of sp³-hybridized carbons (Fsp3) is 0.417. The van der Waals surface area contributed by atoms with Gasteiger partial charge in [-0.1, -0.05) is 0 Å². The minimum atomic E-state index is 0.0972. The SMILES string of the molecule is CN1CC(Nc2nc(N)nc(-n3cccn3)n2)CCC1=O. The maximum absolute atomic E-state index is 11.5. The highest BCUT2D eigenvalue weighted by Crippen LogP contribution is 2.14. The van der Waals surface area contributed by atoms with Crippen molar-refractivity contribution in [3.05, 3.63) is 18.5 Å². The van der Waals surface area contributed by atoms with E-state index in [0.717, 1.165) is 6.42 Å². The molecule has 1 aliphatic rings. The zero-order valence-corrected chi connectivity index (χ0v) is 11.6. The summed E-state index contributed by atoms with van der Waals surface area (Å²) >= 11 is 0. The molecule has 21 heavy (non-hydrogen) atoms. The Hall–Kier alpha value is -2.71. The van der Waals surface area contributed by atoms with Crippen molar-refractivity contribution in [2.75, 3.05) is 24.6 Å². The molecule has 1 saturated heterocycles. The van der Waals surface area contributed by atoms with Gasteiger partial charge >= 0.3 is 0 Å². The number of nitrogens with zero attached hydrogens (tertiary/aromatic N) is 6. The lowest BCUT2D eigenvalue weighted by molar-refractivity contribution is -0.132. The van der Waals surface area contributed by atoms with Crippen molar-refractivity contribution in [3.8, 4) is 5.95 Å². The molecule has 1 amide bonds. The summed E-state index contributed by atoms with van der Waals surface area (Å²) in [7, 11) is 1.78. The first kappa shape index (κ1) is 13.3. The first-order valence-electron chi connectivity index (χ1n) is 6.64. The normalized spacial score (nSPS) is 18.8. The second-order valence-electron chi connectivity index (χ2n) is 4.92. The number of piperidine rings is 1. The molecule has 1 atom stereocenters. The topological polar surface area (TPSA) is 115 Å². The van der Waals surface area contributed by atoms with E-state index in [1.165, 1.54) is 4.68 Å². The summed E-state index contributed by atoms with van der Waals surface area (Å²) in [4.78, 5) is 25.6. The lowest BCUT2D eigenvalue weighted by Gasteiger charge is -2.30. The maximum atomic E-state index is 11.5. The van der Waals surface area contributed by atoms with Crippen LogP contribution in [0.3, 0.4) is 0 Å². The molecule has 9 nitrogen and oxygen atoms in total. The van der Waals surface area contributed by atoms with E-state index in [0.29, 0.717) is 24.9 Å². The van der Waals surface area contributed by atoms with Crippen LogP contribution in [0.15, 0.2) is 18.5 Å². The molecule has 1 aliphatic heterocycles. The monoisotopic (exact) mass is 288 g/mol.